The number of nitrogens with zero attached hydrogens (tertiary/aromatic N) is 4. The van der Waals surface area contributed by atoms with E-state index in [0.717, 1.165) is 11.3 Å². The van der Waals surface area contributed by atoms with Crippen molar-refractivity contribution in [3.05, 3.63) is 70.5 Å². The van der Waals surface area contributed by atoms with Crippen LogP contribution in [-0.4, -0.2) is 19.7 Å². The highest BCUT2D eigenvalue weighted by atomic mass is 16.6. The van der Waals surface area contributed by atoms with Crippen LogP contribution in [0.2, 0.25) is 0 Å². The summed E-state index contributed by atoms with van der Waals surface area (Å²) in [6, 6.07) is 14.3. The Morgan fingerprint density at radius 2 is 1.90 bits per heavy atom. The van der Waals surface area contributed by atoms with Crippen molar-refractivity contribution in [1.82, 2.24) is 14.8 Å². The summed E-state index contributed by atoms with van der Waals surface area (Å²) in [5, 5.41) is 19.0. The van der Waals surface area contributed by atoms with Gasteiger partial charge in [-0.15, -0.1) is 10.2 Å². The van der Waals surface area contributed by atoms with E-state index in [-0.39, 0.29) is 5.69 Å². The lowest BCUT2D eigenvalue weighted by atomic mass is 10.1. The second-order valence-corrected chi connectivity index (χ2v) is 4.62. The predicted octanol–water partition coefficient (Wildman–Crippen LogP) is 3.15. The molecule has 0 aliphatic heterocycles. The molecule has 0 aliphatic carbocycles. The first kappa shape index (κ1) is 13.0. The van der Waals surface area contributed by atoms with Gasteiger partial charge in [-0.2, -0.15) is 0 Å². The van der Waals surface area contributed by atoms with Crippen LogP contribution in [-0.2, 0) is 0 Å². The Kier molecular flexibility index (Phi) is 3.19. The molecular weight excluding hydrogens is 268 g/mol. The quantitative estimate of drug-likeness (QED) is 0.545. The highest BCUT2D eigenvalue weighted by Crippen LogP contribution is 2.27. The van der Waals surface area contributed by atoms with Crippen molar-refractivity contribution in [2.45, 2.75) is 6.92 Å². The van der Waals surface area contributed by atoms with E-state index in [1.807, 2.05) is 41.8 Å². The van der Waals surface area contributed by atoms with Crippen molar-refractivity contribution < 1.29 is 4.92 Å². The van der Waals surface area contributed by atoms with Gasteiger partial charge in [0, 0.05) is 23.4 Å². The second-order valence-electron chi connectivity index (χ2n) is 4.62. The third-order valence-electron chi connectivity index (χ3n) is 3.25. The zero-order valence-corrected chi connectivity index (χ0v) is 11.3. The summed E-state index contributed by atoms with van der Waals surface area (Å²) in [4.78, 5) is 10.5. The zero-order valence-electron chi connectivity index (χ0n) is 11.3. The maximum atomic E-state index is 11.0. The molecule has 2 aromatic carbocycles. The van der Waals surface area contributed by atoms with E-state index in [4.69, 9.17) is 0 Å². The molecule has 21 heavy (non-hydrogen) atoms. The van der Waals surface area contributed by atoms with E-state index in [9.17, 15) is 10.1 Å². The molecule has 0 amide bonds. The number of rotatable bonds is 3. The average Bonchev–Trinajstić information content (AvgIpc) is 2.97. The van der Waals surface area contributed by atoms with Crippen molar-refractivity contribution in [1.29, 1.82) is 0 Å². The van der Waals surface area contributed by atoms with Crippen LogP contribution in [0.1, 0.15) is 5.56 Å². The van der Waals surface area contributed by atoms with Gasteiger partial charge in [0.25, 0.3) is 5.69 Å². The van der Waals surface area contributed by atoms with Crippen LogP contribution in [0, 0.1) is 17.0 Å². The van der Waals surface area contributed by atoms with Crippen molar-refractivity contribution in [3.8, 4) is 17.1 Å². The Labute approximate surface area is 120 Å². The fourth-order valence-corrected chi connectivity index (χ4v) is 2.16. The second kappa shape index (κ2) is 5.16. The van der Waals surface area contributed by atoms with Crippen LogP contribution in [0.15, 0.2) is 54.9 Å². The van der Waals surface area contributed by atoms with Gasteiger partial charge in [-0.25, -0.2) is 0 Å². The molecule has 0 N–H and O–H groups in total. The van der Waals surface area contributed by atoms with Gasteiger partial charge in [0.1, 0.15) is 6.33 Å². The highest BCUT2D eigenvalue weighted by Gasteiger charge is 2.15. The molecule has 0 aliphatic rings. The van der Waals surface area contributed by atoms with Gasteiger partial charge in [-0.05, 0) is 24.6 Å². The zero-order chi connectivity index (χ0) is 14.8. The maximum absolute atomic E-state index is 11.0. The molecule has 6 heteroatoms. The first-order valence-corrected chi connectivity index (χ1v) is 6.37. The number of benzene rings is 2. The summed E-state index contributed by atoms with van der Waals surface area (Å²) in [6.45, 7) is 1.89. The van der Waals surface area contributed by atoms with Gasteiger partial charge in [0.15, 0.2) is 5.82 Å². The molecular formula is C15H12N4O2. The van der Waals surface area contributed by atoms with Crippen LogP contribution in [0.3, 0.4) is 0 Å². The number of para-hydroxylation sites is 1. The number of aryl methyl sites for hydroxylation is 1. The van der Waals surface area contributed by atoms with E-state index in [1.165, 1.54) is 12.1 Å². The maximum Gasteiger partial charge on any atom is 0.270 e. The predicted molar refractivity (Wildman–Crippen MR) is 78.2 cm³/mol. The molecule has 0 saturated heterocycles. The molecule has 3 aromatic rings. The normalized spacial score (nSPS) is 10.5. The summed E-state index contributed by atoms with van der Waals surface area (Å²) in [6.07, 6.45) is 1.60. The van der Waals surface area contributed by atoms with E-state index < -0.39 is 4.92 Å². The van der Waals surface area contributed by atoms with Gasteiger partial charge >= 0.3 is 0 Å². The van der Waals surface area contributed by atoms with Gasteiger partial charge in [-0.1, -0.05) is 24.3 Å². The Morgan fingerprint density at radius 3 is 2.62 bits per heavy atom. The van der Waals surface area contributed by atoms with Gasteiger partial charge in [0.05, 0.1) is 4.92 Å². The van der Waals surface area contributed by atoms with E-state index in [0.29, 0.717) is 11.4 Å². The SMILES string of the molecule is Cc1ccc([N+](=O)[O-])cc1-c1nncn1-c1ccccc1. The molecule has 0 fully saturated rings. The summed E-state index contributed by atoms with van der Waals surface area (Å²) < 4.78 is 1.81. The summed E-state index contributed by atoms with van der Waals surface area (Å²) in [5.74, 6) is 0.586. The molecule has 104 valence electrons. The lowest BCUT2D eigenvalue weighted by molar-refractivity contribution is -0.384. The fourth-order valence-electron chi connectivity index (χ4n) is 2.16. The Balaban J connectivity index is 2.17. The molecule has 0 radical (unpaired) electrons. The average molecular weight is 280 g/mol. The largest absolute Gasteiger partial charge is 0.282 e. The topological polar surface area (TPSA) is 73.8 Å². The lowest BCUT2D eigenvalue weighted by Crippen LogP contribution is -1.98. The number of hydrogen-bond donors (Lipinski definition) is 0. The minimum atomic E-state index is -0.411. The summed E-state index contributed by atoms with van der Waals surface area (Å²) in [7, 11) is 0. The number of nitro benzene ring substituents is 1. The molecule has 1 heterocycles. The van der Waals surface area contributed by atoms with Crippen molar-refractivity contribution in [2.75, 3.05) is 0 Å². The third kappa shape index (κ3) is 2.38. The third-order valence-corrected chi connectivity index (χ3v) is 3.25. The van der Waals surface area contributed by atoms with Gasteiger partial charge in [-0.3, -0.25) is 14.7 Å². The molecule has 0 spiro atoms. The van der Waals surface area contributed by atoms with E-state index in [2.05, 4.69) is 10.2 Å². The molecule has 0 unspecified atom stereocenters. The molecule has 0 atom stereocenters. The first-order valence-electron chi connectivity index (χ1n) is 6.37. The van der Waals surface area contributed by atoms with Crippen LogP contribution in [0.25, 0.3) is 17.1 Å². The lowest BCUT2D eigenvalue weighted by Gasteiger charge is -2.08. The van der Waals surface area contributed by atoms with Crippen molar-refractivity contribution in [2.24, 2.45) is 0 Å². The molecule has 0 bridgehead atoms. The number of aromatic nitrogens is 3. The van der Waals surface area contributed by atoms with Crippen molar-refractivity contribution in [3.63, 3.8) is 0 Å². The first-order chi connectivity index (χ1) is 10.2. The minimum Gasteiger partial charge on any atom is -0.282 e. The summed E-state index contributed by atoms with van der Waals surface area (Å²) >= 11 is 0. The van der Waals surface area contributed by atoms with Crippen molar-refractivity contribution >= 4 is 5.69 Å². The molecule has 3 rings (SSSR count). The van der Waals surface area contributed by atoms with Crippen LogP contribution in [0.5, 0.6) is 0 Å². The monoisotopic (exact) mass is 280 g/mol. The van der Waals surface area contributed by atoms with Gasteiger partial charge < -0.3 is 0 Å². The molecule has 6 nitrogen and oxygen atoms in total. The van der Waals surface area contributed by atoms with E-state index in [1.54, 1.807) is 12.4 Å². The Hall–Kier alpha value is -3.02. The standard InChI is InChI=1S/C15H12N4O2/c1-11-7-8-13(19(20)21)9-14(11)15-17-16-10-18(15)12-5-3-2-4-6-12/h2-10H,1H3. The van der Waals surface area contributed by atoms with Crippen LogP contribution >= 0.6 is 0 Å². The summed E-state index contributed by atoms with van der Waals surface area (Å²) in [5.41, 5.74) is 2.55. The van der Waals surface area contributed by atoms with Gasteiger partial charge in [0.2, 0.25) is 0 Å². The number of non-ortho nitro benzene ring substituents is 1. The number of nitro groups is 1. The minimum absolute atomic E-state index is 0.0400. The smallest absolute Gasteiger partial charge is 0.270 e. The Morgan fingerprint density at radius 1 is 1.14 bits per heavy atom. The number of hydrogen-bond acceptors (Lipinski definition) is 4. The Bertz CT molecular complexity index is 796. The molecule has 0 saturated carbocycles. The van der Waals surface area contributed by atoms with Crippen LogP contribution < -0.4 is 0 Å². The van der Waals surface area contributed by atoms with E-state index >= 15 is 0 Å². The molecule has 1 aromatic heterocycles. The highest BCUT2D eigenvalue weighted by molar-refractivity contribution is 5.65. The fraction of sp³-hybridized carbons (Fsp3) is 0.0667. The van der Waals surface area contributed by atoms with Crippen LogP contribution in [0.4, 0.5) is 5.69 Å².